The van der Waals surface area contributed by atoms with Gasteiger partial charge in [0.1, 0.15) is 17.1 Å². The Bertz CT molecular complexity index is 1160. The lowest BCUT2D eigenvalue weighted by atomic mass is 9.95. The fourth-order valence-electron chi connectivity index (χ4n) is 4.22. The SMILES string of the molecule is C[C@@H]1Cn2nc(-c3ccc(Cl)cc3F)c(-c3ccncc3)c2[C@@H](C)N1C(=O)OC(C)(C)C. The van der Waals surface area contributed by atoms with Crippen molar-refractivity contribution >= 4 is 17.7 Å². The molecular formula is C24H26ClFN4O2. The van der Waals surface area contributed by atoms with Crippen LogP contribution in [0.3, 0.4) is 0 Å². The van der Waals surface area contributed by atoms with Crippen molar-refractivity contribution < 1.29 is 13.9 Å². The molecule has 1 aromatic carbocycles. The van der Waals surface area contributed by atoms with Crippen molar-refractivity contribution in [1.82, 2.24) is 19.7 Å². The molecular weight excluding hydrogens is 431 g/mol. The van der Waals surface area contributed by atoms with Crippen LogP contribution in [0.2, 0.25) is 5.02 Å². The number of rotatable bonds is 2. The van der Waals surface area contributed by atoms with Crippen LogP contribution in [0, 0.1) is 5.82 Å². The molecule has 0 fully saturated rings. The number of halogens is 2. The number of benzene rings is 1. The van der Waals surface area contributed by atoms with E-state index in [9.17, 15) is 9.18 Å². The highest BCUT2D eigenvalue weighted by Crippen LogP contribution is 2.43. The Hall–Kier alpha value is -2.93. The third-order valence-corrected chi connectivity index (χ3v) is 5.71. The van der Waals surface area contributed by atoms with Gasteiger partial charge in [0.2, 0.25) is 0 Å². The number of ether oxygens (including phenoxy) is 1. The second-order valence-corrected chi connectivity index (χ2v) is 9.50. The average molecular weight is 457 g/mol. The molecule has 168 valence electrons. The van der Waals surface area contributed by atoms with Crippen LogP contribution in [0.4, 0.5) is 9.18 Å². The molecule has 3 heterocycles. The average Bonchev–Trinajstić information content (AvgIpc) is 3.06. The molecule has 3 aromatic rings. The van der Waals surface area contributed by atoms with E-state index in [0.29, 0.717) is 22.8 Å². The molecule has 0 aliphatic carbocycles. The summed E-state index contributed by atoms with van der Waals surface area (Å²) in [5.74, 6) is -0.451. The van der Waals surface area contributed by atoms with Gasteiger partial charge in [0.15, 0.2) is 0 Å². The number of amides is 1. The molecule has 6 nitrogen and oxygen atoms in total. The summed E-state index contributed by atoms with van der Waals surface area (Å²) in [6.07, 6.45) is 2.98. The van der Waals surface area contributed by atoms with E-state index in [-0.39, 0.29) is 18.2 Å². The number of carbonyl (C=O) groups is 1. The van der Waals surface area contributed by atoms with E-state index in [1.54, 1.807) is 29.4 Å². The predicted octanol–water partition coefficient (Wildman–Crippen LogP) is 6.10. The fraction of sp³-hybridized carbons (Fsp3) is 0.375. The zero-order valence-corrected chi connectivity index (χ0v) is 19.5. The van der Waals surface area contributed by atoms with Crippen LogP contribution in [0.5, 0.6) is 0 Å². The zero-order valence-electron chi connectivity index (χ0n) is 18.8. The van der Waals surface area contributed by atoms with Gasteiger partial charge in [-0.05, 0) is 70.5 Å². The Labute approximate surface area is 192 Å². The van der Waals surface area contributed by atoms with Crippen LogP contribution in [-0.2, 0) is 11.3 Å². The minimum atomic E-state index is -0.611. The van der Waals surface area contributed by atoms with Gasteiger partial charge in [0.05, 0.1) is 24.3 Å². The largest absolute Gasteiger partial charge is 0.444 e. The van der Waals surface area contributed by atoms with Gasteiger partial charge in [-0.2, -0.15) is 5.10 Å². The second-order valence-electron chi connectivity index (χ2n) is 9.06. The maximum Gasteiger partial charge on any atom is 0.411 e. The van der Waals surface area contributed by atoms with Gasteiger partial charge in [0.25, 0.3) is 0 Å². The minimum Gasteiger partial charge on any atom is -0.444 e. The highest BCUT2D eigenvalue weighted by atomic mass is 35.5. The number of hydrogen-bond donors (Lipinski definition) is 0. The van der Waals surface area contributed by atoms with E-state index < -0.39 is 11.4 Å². The lowest BCUT2D eigenvalue weighted by Crippen LogP contribution is -2.49. The quantitative estimate of drug-likeness (QED) is 0.467. The van der Waals surface area contributed by atoms with Gasteiger partial charge in [-0.15, -0.1) is 0 Å². The van der Waals surface area contributed by atoms with E-state index in [2.05, 4.69) is 4.98 Å². The Balaban J connectivity index is 1.90. The van der Waals surface area contributed by atoms with Gasteiger partial charge >= 0.3 is 6.09 Å². The smallest absolute Gasteiger partial charge is 0.411 e. The van der Waals surface area contributed by atoms with Gasteiger partial charge < -0.3 is 4.74 Å². The predicted molar refractivity (Wildman–Crippen MR) is 122 cm³/mol. The molecule has 0 saturated heterocycles. The van der Waals surface area contributed by atoms with Crippen molar-refractivity contribution in [3.05, 3.63) is 59.3 Å². The van der Waals surface area contributed by atoms with Crippen molar-refractivity contribution in [2.24, 2.45) is 0 Å². The maximum absolute atomic E-state index is 14.9. The van der Waals surface area contributed by atoms with Crippen LogP contribution < -0.4 is 0 Å². The van der Waals surface area contributed by atoms with E-state index in [4.69, 9.17) is 21.4 Å². The van der Waals surface area contributed by atoms with Crippen LogP contribution in [0.25, 0.3) is 22.4 Å². The third-order valence-electron chi connectivity index (χ3n) is 5.48. The van der Waals surface area contributed by atoms with Crippen molar-refractivity contribution in [2.75, 3.05) is 0 Å². The van der Waals surface area contributed by atoms with Crippen LogP contribution in [0.1, 0.15) is 46.4 Å². The first kappa shape index (κ1) is 22.3. The zero-order chi connectivity index (χ0) is 23.2. The van der Waals surface area contributed by atoms with E-state index in [1.165, 1.54) is 6.07 Å². The van der Waals surface area contributed by atoms with Crippen LogP contribution >= 0.6 is 11.6 Å². The molecule has 0 unspecified atom stereocenters. The summed E-state index contributed by atoms with van der Waals surface area (Å²) in [4.78, 5) is 18.9. The first-order valence-corrected chi connectivity index (χ1v) is 10.9. The van der Waals surface area contributed by atoms with E-state index >= 15 is 0 Å². The molecule has 0 bridgehead atoms. The molecule has 0 saturated carbocycles. The second kappa shape index (κ2) is 8.20. The van der Waals surface area contributed by atoms with Gasteiger partial charge in [-0.25, -0.2) is 9.18 Å². The fourth-order valence-corrected chi connectivity index (χ4v) is 4.38. The summed E-state index contributed by atoms with van der Waals surface area (Å²) in [5.41, 5.74) is 2.68. The Morgan fingerprint density at radius 2 is 1.88 bits per heavy atom. The molecule has 8 heteroatoms. The van der Waals surface area contributed by atoms with E-state index in [1.807, 2.05) is 51.4 Å². The van der Waals surface area contributed by atoms with Crippen molar-refractivity contribution in [3.8, 4) is 22.4 Å². The molecule has 2 aromatic heterocycles. The highest BCUT2D eigenvalue weighted by Gasteiger charge is 2.39. The first-order valence-electron chi connectivity index (χ1n) is 10.5. The topological polar surface area (TPSA) is 60.2 Å². The molecule has 1 aliphatic rings. The summed E-state index contributed by atoms with van der Waals surface area (Å²) in [7, 11) is 0. The standard InChI is InChI=1S/C24H26ClFN4O2/c1-14-13-29-22(15(2)30(14)23(31)32-24(3,4)5)20(16-8-10-27-11-9-16)21(28-29)18-7-6-17(25)12-19(18)26/h6-12,14-15H,13H2,1-5H3/t14-,15-/m1/s1. The lowest BCUT2D eigenvalue weighted by molar-refractivity contribution is -0.000198. The van der Waals surface area contributed by atoms with Gasteiger partial charge in [0, 0.05) is 28.5 Å². The Kier molecular flexibility index (Phi) is 5.71. The van der Waals surface area contributed by atoms with Crippen molar-refractivity contribution in [1.29, 1.82) is 0 Å². The van der Waals surface area contributed by atoms with Crippen molar-refractivity contribution in [3.63, 3.8) is 0 Å². The molecule has 0 spiro atoms. The van der Waals surface area contributed by atoms with Gasteiger partial charge in [-0.3, -0.25) is 14.6 Å². The summed E-state index contributed by atoms with van der Waals surface area (Å²) in [6.45, 7) is 9.90. The molecule has 4 rings (SSSR count). The normalized spacial score (nSPS) is 18.4. The maximum atomic E-state index is 14.9. The summed E-state index contributed by atoms with van der Waals surface area (Å²) in [5, 5.41) is 5.11. The van der Waals surface area contributed by atoms with Crippen molar-refractivity contribution in [2.45, 2.75) is 58.8 Å². The number of pyridine rings is 1. The summed E-state index contributed by atoms with van der Waals surface area (Å²) in [6, 6.07) is 7.79. The number of carbonyl (C=O) groups excluding carboxylic acids is 1. The molecule has 1 aliphatic heterocycles. The van der Waals surface area contributed by atoms with Crippen LogP contribution in [0.15, 0.2) is 42.7 Å². The molecule has 32 heavy (non-hydrogen) atoms. The minimum absolute atomic E-state index is 0.152. The first-order chi connectivity index (χ1) is 15.1. The summed E-state index contributed by atoms with van der Waals surface area (Å²) >= 11 is 5.98. The molecule has 0 N–H and O–H groups in total. The lowest BCUT2D eigenvalue weighted by Gasteiger charge is -2.40. The van der Waals surface area contributed by atoms with Crippen LogP contribution in [-0.4, -0.2) is 37.4 Å². The monoisotopic (exact) mass is 456 g/mol. The molecule has 1 amide bonds. The number of fused-ring (bicyclic) bond motifs is 1. The van der Waals surface area contributed by atoms with Gasteiger partial charge in [-0.1, -0.05) is 11.6 Å². The molecule has 2 atom stereocenters. The molecule has 0 radical (unpaired) electrons. The third kappa shape index (κ3) is 4.09. The Morgan fingerprint density at radius 1 is 1.19 bits per heavy atom. The summed E-state index contributed by atoms with van der Waals surface area (Å²) < 4.78 is 22.5. The number of aromatic nitrogens is 3. The Morgan fingerprint density at radius 3 is 2.50 bits per heavy atom. The number of nitrogens with zero attached hydrogens (tertiary/aromatic N) is 4. The highest BCUT2D eigenvalue weighted by molar-refractivity contribution is 6.30. The number of hydrogen-bond acceptors (Lipinski definition) is 4. The van der Waals surface area contributed by atoms with E-state index in [0.717, 1.165) is 16.8 Å².